The van der Waals surface area contributed by atoms with Crippen molar-refractivity contribution < 1.29 is 0 Å². The Hall–Kier alpha value is 0. The lowest BCUT2D eigenvalue weighted by Gasteiger charge is -2.31. The summed E-state index contributed by atoms with van der Waals surface area (Å²) in [6.45, 7) is 2.32. The van der Waals surface area contributed by atoms with E-state index in [1.54, 1.807) is 12.8 Å². The topological polar surface area (TPSA) is 0 Å². The highest BCUT2D eigenvalue weighted by molar-refractivity contribution is 5.17. The van der Waals surface area contributed by atoms with E-state index < -0.39 is 0 Å². The molecular weight excluding hydrogens is 168 g/mol. The van der Waals surface area contributed by atoms with Crippen molar-refractivity contribution in [1.29, 1.82) is 0 Å². The summed E-state index contributed by atoms with van der Waals surface area (Å²) in [4.78, 5) is 0. The van der Waals surface area contributed by atoms with E-state index >= 15 is 0 Å². The zero-order valence-electron chi connectivity index (χ0n) is 9.47. The van der Waals surface area contributed by atoms with E-state index in [1.807, 2.05) is 5.92 Å². The second kappa shape index (κ2) is 3.54. The maximum atomic E-state index is 2.32. The summed E-state index contributed by atoms with van der Waals surface area (Å²) in [5.41, 5.74) is 0. The van der Waals surface area contributed by atoms with Crippen LogP contribution in [0.4, 0.5) is 0 Å². The molecule has 1 radical (unpaired) electrons. The largest absolute Gasteiger partial charge is 0.0654 e. The lowest BCUT2D eigenvalue weighted by atomic mass is 9.73. The lowest BCUT2D eigenvalue weighted by molar-refractivity contribution is 0.286. The third kappa shape index (κ3) is 1.33. The van der Waals surface area contributed by atoms with Gasteiger partial charge in [-0.25, -0.2) is 0 Å². The van der Waals surface area contributed by atoms with Gasteiger partial charge < -0.3 is 0 Å². The molecule has 0 heterocycles. The molecule has 0 aromatic carbocycles. The summed E-state index contributed by atoms with van der Waals surface area (Å²) in [5.74, 6) is 6.52. The molecule has 0 amide bonds. The Labute approximate surface area is 88.5 Å². The van der Waals surface area contributed by atoms with Crippen molar-refractivity contribution in [2.45, 2.75) is 58.3 Å². The molecule has 0 spiro atoms. The van der Waals surface area contributed by atoms with Crippen molar-refractivity contribution >= 4 is 0 Å². The van der Waals surface area contributed by atoms with Gasteiger partial charge in [0.05, 0.1) is 0 Å². The van der Waals surface area contributed by atoms with Gasteiger partial charge in [0.1, 0.15) is 0 Å². The van der Waals surface area contributed by atoms with Crippen LogP contribution in [-0.2, 0) is 0 Å². The first-order chi connectivity index (χ1) is 6.88. The van der Waals surface area contributed by atoms with Gasteiger partial charge >= 0.3 is 0 Å². The van der Waals surface area contributed by atoms with Crippen LogP contribution in [0.15, 0.2) is 0 Å². The summed E-state index contributed by atoms with van der Waals surface area (Å²) in [5, 5.41) is 0. The van der Waals surface area contributed by atoms with Crippen LogP contribution in [0.5, 0.6) is 0 Å². The molecule has 4 atom stereocenters. The van der Waals surface area contributed by atoms with Gasteiger partial charge in [-0.1, -0.05) is 26.2 Å². The molecular formula is C14H23. The van der Waals surface area contributed by atoms with Crippen LogP contribution in [0.2, 0.25) is 0 Å². The van der Waals surface area contributed by atoms with Gasteiger partial charge in [-0.05, 0) is 61.7 Å². The third-order valence-corrected chi connectivity index (χ3v) is 5.08. The molecule has 4 aliphatic rings. The zero-order valence-corrected chi connectivity index (χ0v) is 9.47. The van der Waals surface area contributed by atoms with E-state index in [-0.39, 0.29) is 0 Å². The van der Waals surface area contributed by atoms with Gasteiger partial charge in [-0.2, -0.15) is 0 Å². The predicted octanol–water partition coefficient (Wildman–Crippen LogP) is 4.21. The minimum absolute atomic E-state index is 1.09. The second-order valence-corrected chi connectivity index (χ2v) is 5.93. The van der Waals surface area contributed by atoms with E-state index in [9.17, 15) is 0 Å². The molecule has 4 unspecified atom stereocenters. The summed E-state index contributed by atoms with van der Waals surface area (Å²) in [7, 11) is 0. The van der Waals surface area contributed by atoms with Crippen molar-refractivity contribution in [2.75, 3.05) is 0 Å². The zero-order chi connectivity index (χ0) is 9.54. The lowest BCUT2D eigenvalue weighted by Crippen LogP contribution is -2.21. The molecule has 0 N–H and O–H groups in total. The van der Waals surface area contributed by atoms with E-state index in [0.717, 1.165) is 23.7 Å². The third-order valence-electron chi connectivity index (χ3n) is 5.08. The van der Waals surface area contributed by atoms with Crippen molar-refractivity contribution in [1.82, 2.24) is 0 Å². The maximum Gasteiger partial charge on any atom is -0.0202 e. The molecule has 0 aliphatic heterocycles. The SMILES string of the molecule is CCCCCC1[C]2CC3CC(C2)C1C3. The Morgan fingerprint density at radius 3 is 2.86 bits per heavy atom. The fourth-order valence-electron chi connectivity index (χ4n) is 4.60. The number of unbranched alkanes of at least 4 members (excludes halogenated alkanes) is 2. The Kier molecular flexibility index (Phi) is 2.34. The van der Waals surface area contributed by atoms with Crippen LogP contribution in [-0.4, -0.2) is 0 Å². The van der Waals surface area contributed by atoms with Crippen LogP contribution in [0.25, 0.3) is 0 Å². The molecule has 4 fully saturated rings. The molecule has 79 valence electrons. The van der Waals surface area contributed by atoms with E-state index in [0.29, 0.717) is 0 Å². The minimum Gasteiger partial charge on any atom is -0.0654 e. The van der Waals surface area contributed by atoms with Crippen LogP contribution in [0, 0.1) is 29.6 Å². The fourth-order valence-corrected chi connectivity index (χ4v) is 4.60. The van der Waals surface area contributed by atoms with Gasteiger partial charge in [-0.3, -0.25) is 0 Å². The van der Waals surface area contributed by atoms with Gasteiger partial charge in [0.25, 0.3) is 0 Å². The maximum absolute atomic E-state index is 2.32. The molecule has 14 heavy (non-hydrogen) atoms. The summed E-state index contributed by atoms with van der Waals surface area (Å²) < 4.78 is 0. The molecule has 4 saturated carbocycles. The standard InChI is InChI=1S/C14H23/c1-2-3-4-5-13-11-6-10-7-12(9-11)14(13)8-10/h10,12-14H,2-9H2,1H3. The average molecular weight is 191 g/mol. The average Bonchev–Trinajstić information content (AvgIpc) is 2.59. The first kappa shape index (κ1) is 9.24. The van der Waals surface area contributed by atoms with E-state index in [2.05, 4.69) is 6.92 Å². The summed E-state index contributed by atoms with van der Waals surface area (Å²) in [6.07, 6.45) is 12.2. The van der Waals surface area contributed by atoms with Crippen molar-refractivity contribution in [2.24, 2.45) is 23.7 Å². The monoisotopic (exact) mass is 191 g/mol. The van der Waals surface area contributed by atoms with Gasteiger partial charge in [0.2, 0.25) is 0 Å². The number of hydrogen-bond acceptors (Lipinski definition) is 0. The smallest absolute Gasteiger partial charge is 0.0202 e. The molecule has 4 aliphatic carbocycles. The van der Waals surface area contributed by atoms with Crippen molar-refractivity contribution in [3.63, 3.8) is 0 Å². The molecule has 0 saturated heterocycles. The fraction of sp³-hybridized carbons (Fsp3) is 0.929. The van der Waals surface area contributed by atoms with Crippen LogP contribution >= 0.6 is 0 Å². The van der Waals surface area contributed by atoms with E-state index in [4.69, 9.17) is 0 Å². The molecule has 4 rings (SSSR count). The molecule has 0 aromatic rings. The number of rotatable bonds is 4. The Morgan fingerprint density at radius 1 is 1.14 bits per heavy atom. The Bertz CT molecular complexity index is 204. The number of hydrogen-bond donors (Lipinski definition) is 0. The highest BCUT2D eigenvalue weighted by Gasteiger charge is 2.53. The summed E-state index contributed by atoms with van der Waals surface area (Å²) in [6, 6.07) is 0. The Morgan fingerprint density at radius 2 is 2.07 bits per heavy atom. The first-order valence-electron chi connectivity index (χ1n) is 6.73. The molecule has 4 bridgehead atoms. The van der Waals surface area contributed by atoms with Crippen LogP contribution in [0.3, 0.4) is 0 Å². The molecule has 0 aromatic heterocycles. The quantitative estimate of drug-likeness (QED) is 0.584. The van der Waals surface area contributed by atoms with Gasteiger partial charge in [-0.15, -0.1) is 0 Å². The normalized spacial score (nSPS) is 45.2. The van der Waals surface area contributed by atoms with Gasteiger partial charge in [0.15, 0.2) is 0 Å². The van der Waals surface area contributed by atoms with Crippen LogP contribution < -0.4 is 0 Å². The van der Waals surface area contributed by atoms with Gasteiger partial charge in [0, 0.05) is 0 Å². The highest BCUT2D eigenvalue weighted by Crippen LogP contribution is 2.63. The second-order valence-electron chi connectivity index (χ2n) is 5.93. The van der Waals surface area contributed by atoms with Crippen molar-refractivity contribution in [3.8, 4) is 0 Å². The predicted molar refractivity (Wildman–Crippen MR) is 59.8 cm³/mol. The highest BCUT2D eigenvalue weighted by atomic mass is 14.6. The minimum atomic E-state index is 1.09. The van der Waals surface area contributed by atoms with E-state index in [1.165, 1.54) is 38.5 Å². The van der Waals surface area contributed by atoms with Crippen molar-refractivity contribution in [3.05, 3.63) is 5.92 Å². The Balaban J connectivity index is 1.59. The summed E-state index contributed by atoms with van der Waals surface area (Å²) >= 11 is 0. The molecule has 0 nitrogen and oxygen atoms in total. The first-order valence-corrected chi connectivity index (χ1v) is 6.73. The van der Waals surface area contributed by atoms with Crippen LogP contribution in [0.1, 0.15) is 58.3 Å². The molecule has 0 heteroatoms.